The Morgan fingerprint density at radius 3 is 2.11 bits per heavy atom. The highest BCUT2D eigenvalue weighted by Gasteiger charge is 2.36. The number of carbonyl (C=O) groups excluding carboxylic acids is 3. The maximum atomic E-state index is 12.7. The Bertz CT molecular complexity index is 964. The van der Waals surface area contributed by atoms with Crippen LogP contribution < -0.4 is 5.32 Å². The van der Waals surface area contributed by atoms with E-state index < -0.39 is 11.8 Å². The summed E-state index contributed by atoms with van der Waals surface area (Å²) in [7, 11) is 0. The van der Waals surface area contributed by atoms with E-state index in [4.69, 9.17) is 0 Å². The number of carbonyl (C=O) groups is 3. The van der Waals surface area contributed by atoms with E-state index in [1.54, 1.807) is 24.3 Å². The zero-order chi connectivity index (χ0) is 18.8. The molecule has 3 aromatic rings. The zero-order valence-electron chi connectivity index (χ0n) is 14.3. The Morgan fingerprint density at radius 2 is 1.52 bits per heavy atom. The molecule has 1 N–H and O–H groups in total. The van der Waals surface area contributed by atoms with Gasteiger partial charge in [-0.25, -0.2) is 0 Å². The van der Waals surface area contributed by atoms with Gasteiger partial charge in [-0.2, -0.15) is 0 Å². The van der Waals surface area contributed by atoms with Crippen molar-refractivity contribution in [1.29, 1.82) is 0 Å². The Morgan fingerprint density at radius 1 is 0.889 bits per heavy atom. The summed E-state index contributed by atoms with van der Waals surface area (Å²) < 4.78 is 0. The van der Waals surface area contributed by atoms with E-state index in [2.05, 4.69) is 5.32 Å². The minimum Gasteiger partial charge on any atom is -0.343 e. The molecule has 0 saturated heterocycles. The molecule has 0 unspecified atom stereocenters. The molecule has 6 heteroatoms. The number of benzene rings is 2. The second kappa shape index (κ2) is 7.17. The molecule has 3 amide bonds. The quantitative estimate of drug-likeness (QED) is 0.695. The predicted molar refractivity (Wildman–Crippen MR) is 103 cm³/mol. The summed E-state index contributed by atoms with van der Waals surface area (Å²) >= 11 is 1.54. The van der Waals surface area contributed by atoms with Crippen LogP contribution in [0, 0.1) is 0 Å². The van der Waals surface area contributed by atoms with Crippen LogP contribution >= 0.6 is 11.3 Å². The lowest BCUT2D eigenvalue weighted by molar-refractivity contribution is -0.121. The average molecular weight is 376 g/mol. The molecule has 0 bridgehead atoms. The van der Waals surface area contributed by atoms with Crippen LogP contribution in [0.25, 0.3) is 0 Å². The summed E-state index contributed by atoms with van der Waals surface area (Å²) in [5, 5.41) is 4.90. The monoisotopic (exact) mass is 376 g/mol. The molecule has 134 valence electrons. The van der Waals surface area contributed by atoms with Crippen LogP contribution in [0.2, 0.25) is 0 Å². The number of nitrogens with one attached hydrogen (secondary N) is 1. The third-order valence-corrected chi connectivity index (χ3v) is 5.38. The summed E-state index contributed by atoms with van der Waals surface area (Å²) in [4.78, 5) is 39.6. The smallest absolute Gasteiger partial charge is 0.262 e. The van der Waals surface area contributed by atoms with Gasteiger partial charge in [0.05, 0.1) is 17.2 Å². The van der Waals surface area contributed by atoms with Gasteiger partial charge in [-0.1, -0.05) is 48.5 Å². The first-order valence-electron chi connectivity index (χ1n) is 8.48. The first kappa shape index (κ1) is 17.2. The first-order chi connectivity index (χ1) is 13.1. The van der Waals surface area contributed by atoms with Gasteiger partial charge in [0.2, 0.25) is 5.91 Å². The van der Waals surface area contributed by atoms with Gasteiger partial charge in [-0.05, 0) is 29.1 Å². The number of amides is 3. The standard InChI is InChI=1S/C21H16N2O3S/c24-18(13-23-20(25)15-9-4-5-10-16(15)21(23)26)22-19(17-11-6-12-27-17)14-7-2-1-3-8-14/h1-12,19H,13H2,(H,22,24)/t19-/m0/s1. The molecule has 0 saturated carbocycles. The Kier molecular flexibility index (Phi) is 4.56. The van der Waals surface area contributed by atoms with Crippen LogP contribution in [0.5, 0.6) is 0 Å². The molecule has 0 aliphatic carbocycles. The van der Waals surface area contributed by atoms with Crippen molar-refractivity contribution in [2.75, 3.05) is 6.54 Å². The second-order valence-corrected chi connectivity index (χ2v) is 7.15. The molecule has 0 fully saturated rings. The molecule has 1 aliphatic rings. The molecule has 1 aliphatic heterocycles. The van der Waals surface area contributed by atoms with Crippen LogP contribution in [0.15, 0.2) is 72.1 Å². The van der Waals surface area contributed by atoms with E-state index in [9.17, 15) is 14.4 Å². The highest BCUT2D eigenvalue weighted by atomic mass is 32.1. The van der Waals surface area contributed by atoms with Crippen molar-refractivity contribution in [3.8, 4) is 0 Å². The minimum atomic E-state index is -0.432. The largest absolute Gasteiger partial charge is 0.343 e. The van der Waals surface area contributed by atoms with Gasteiger partial charge < -0.3 is 5.32 Å². The summed E-state index contributed by atoms with van der Waals surface area (Å²) in [6.07, 6.45) is 0. The van der Waals surface area contributed by atoms with E-state index in [0.717, 1.165) is 15.3 Å². The van der Waals surface area contributed by atoms with Gasteiger partial charge in [0.1, 0.15) is 6.54 Å². The maximum absolute atomic E-state index is 12.7. The zero-order valence-corrected chi connectivity index (χ0v) is 15.1. The summed E-state index contributed by atoms with van der Waals surface area (Å²) in [6, 6.07) is 19.8. The highest BCUT2D eigenvalue weighted by Crippen LogP contribution is 2.26. The van der Waals surface area contributed by atoms with Crippen molar-refractivity contribution in [1.82, 2.24) is 10.2 Å². The number of hydrogen-bond donors (Lipinski definition) is 1. The number of rotatable bonds is 5. The van der Waals surface area contributed by atoms with Crippen LogP contribution in [0.4, 0.5) is 0 Å². The fraction of sp³-hybridized carbons (Fsp3) is 0.0952. The van der Waals surface area contributed by atoms with Crippen LogP contribution in [0.1, 0.15) is 37.2 Å². The van der Waals surface area contributed by atoms with Crippen molar-refractivity contribution in [2.45, 2.75) is 6.04 Å². The van der Waals surface area contributed by atoms with Gasteiger partial charge in [0.25, 0.3) is 11.8 Å². The van der Waals surface area contributed by atoms with E-state index >= 15 is 0 Å². The topological polar surface area (TPSA) is 66.5 Å². The average Bonchev–Trinajstić information content (AvgIpc) is 3.31. The lowest BCUT2D eigenvalue weighted by Crippen LogP contribution is -2.41. The maximum Gasteiger partial charge on any atom is 0.262 e. The van der Waals surface area contributed by atoms with Crippen LogP contribution in [-0.2, 0) is 4.79 Å². The number of fused-ring (bicyclic) bond motifs is 1. The van der Waals surface area contributed by atoms with Crippen molar-refractivity contribution >= 4 is 29.1 Å². The van der Waals surface area contributed by atoms with Crippen LogP contribution in [0.3, 0.4) is 0 Å². The van der Waals surface area contributed by atoms with E-state index in [-0.39, 0.29) is 18.5 Å². The molecule has 2 heterocycles. The second-order valence-electron chi connectivity index (χ2n) is 6.17. The SMILES string of the molecule is O=C(CN1C(=O)c2ccccc2C1=O)N[C@@H](c1ccccc1)c1cccs1. The van der Waals surface area contributed by atoms with Gasteiger partial charge in [-0.15, -0.1) is 11.3 Å². The molecular formula is C21H16N2O3S. The molecule has 0 spiro atoms. The third kappa shape index (κ3) is 3.27. The Hall–Kier alpha value is -3.25. The van der Waals surface area contributed by atoms with Crippen molar-refractivity contribution in [3.05, 3.63) is 93.7 Å². The molecule has 1 atom stereocenters. The third-order valence-electron chi connectivity index (χ3n) is 4.45. The molecule has 0 radical (unpaired) electrons. The molecule has 5 nitrogen and oxygen atoms in total. The normalized spacial score (nSPS) is 14.1. The van der Waals surface area contributed by atoms with Crippen molar-refractivity contribution in [2.24, 2.45) is 0 Å². The van der Waals surface area contributed by atoms with Gasteiger partial charge in [0, 0.05) is 4.88 Å². The van der Waals surface area contributed by atoms with Crippen molar-refractivity contribution < 1.29 is 14.4 Å². The molecular weight excluding hydrogens is 360 g/mol. The minimum absolute atomic E-state index is 0.305. The number of imide groups is 1. The highest BCUT2D eigenvalue weighted by molar-refractivity contribution is 7.10. The fourth-order valence-electron chi connectivity index (χ4n) is 3.15. The lowest BCUT2D eigenvalue weighted by atomic mass is 10.1. The van der Waals surface area contributed by atoms with Gasteiger partial charge in [0.15, 0.2) is 0 Å². The molecule has 4 rings (SSSR count). The summed E-state index contributed by atoms with van der Waals surface area (Å²) in [5.41, 5.74) is 1.62. The van der Waals surface area contributed by atoms with E-state index in [1.807, 2.05) is 47.8 Å². The van der Waals surface area contributed by atoms with Crippen LogP contribution in [-0.4, -0.2) is 29.2 Å². The fourth-order valence-corrected chi connectivity index (χ4v) is 3.96. The number of hydrogen-bond acceptors (Lipinski definition) is 4. The van der Waals surface area contributed by atoms with E-state index in [1.165, 1.54) is 11.3 Å². The number of nitrogens with zero attached hydrogens (tertiary/aromatic N) is 1. The summed E-state index contributed by atoms with van der Waals surface area (Å²) in [6.45, 7) is -0.305. The lowest BCUT2D eigenvalue weighted by Gasteiger charge is -2.20. The van der Waals surface area contributed by atoms with Crippen molar-refractivity contribution in [3.63, 3.8) is 0 Å². The molecule has 2 aromatic carbocycles. The van der Waals surface area contributed by atoms with Gasteiger partial charge >= 0.3 is 0 Å². The summed E-state index contributed by atoms with van der Waals surface area (Å²) in [5.74, 6) is -1.25. The molecule has 1 aromatic heterocycles. The van der Waals surface area contributed by atoms with Gasteiger partial charge in [-0.3, -0.25) is 19.3 Å². The van der Waals surface area contributed by atoms with E-state index in [0.29, 0.717) is 11.1 Å². The molecule has 27 heavy (non-hydrogen) atoms. The first-order valence-corrected chi connectivity index (χ1v) is 9.36. The predicted octanol–water partition coefficient (Wildman–Crippen LogP) is 3.25. The Labute approximate surface area is 160 Å². The Balaban J connectivity index is 1.53. The number of thiophene rings is 1.